The van der Waals surface area contributed by atoms with E-state index in [9.17, 15) is 0 Å². The molecule has 1 N–H and O–H groups in total. The summed E-state index contributed by atoms with van der Waals surface area (Å²) in [7, 11) is 0. The Labute approximate surface area is 160 Å². The lowest BCUT2D eigenvalue weighted by Crippen LogP contribution is -2.32. The van der Waals surface area contributed by atoms with Crippen LogP contribution in [0.4, 0.5) is 5.69 Å². The number of benzene rings is 2. The van der Waals surface area contributed by atoms with Gasteiger partial charge in [-0.15, -0.1) is 24.8 Å². The van der Waals surface area contributed by atoms with Crippen LogP contribution in [0, 0.1) is 0 Å². The summed E-state index contributed by atoms with van der Waals surface area (Å²) in [5.41, 5.74) is 4.85. The molecule has 0 aliphatic carbocycles. The molecular formula is C20H21Cl2N3. The third-order valence-electron chi connectivity index (χ3n) is 4.48. The average Bonchev–Trinajstić information content (AvgIpc) is 3.15. The van der Waals surface area contributed by atoms with E-state index in [-0.39, 0.29) is 36.9 Å². The minimum atomic E-state index is 0. The van der Waals surface area contributed by atoms with Crippen LogP contribution in [0.25, 0.3) is 6.08 Å². The maximum atomic E-state index is 4.47. The van der Waals surface area contributed by atoms with Gasteiger partial charge < -0.3 is 9.88 Å². The fourth-order valence-electron chi connectivity index (χ4n) is 3.32. The lowest BCUT2D eigenvalue weighted by molar-refractivity contribution is 0.607. The number of H-pyrrole nitrogens is 1. The highest BCUT2D eigenvalue weighted by Crippen LogP contribution is 2.41. The molecule has 3 aromatic rings. The number of hydrogen-bond acceptors (Lipinski definition) is 2. The van der Waals surface area contributed by atoms with Crippen LogP contribution < -0.4 is 4.90 Å². The molecule has 0 bridgehead atoms. The number of para-hydroxylation sites is 1. The minimum Gasteiger partial charge on any atom is -0.352 e. The molecule has 25 heavy (non-hydrogen) atoms. The molecule has 1 aliphatic heterocycles. The molecule has 2 aromatic carbocycles. The van der Waals surface area contributed by atoms with E-state index in [1.165, 1.54) is 16.8 Å². The molecular weight excluding hydrogens is 353 g/mol. The second-order valence-electron chi connectivity index (χ2n) is 5.85. The molecule has 2 heterocycles. The highest BCUT2D eigenvalue weighted by Gasteiger charge is 2.29. The largest absolute Gasteiger partial charge is 0.352 e. The number of nitrogens with zero attached hydrogens (tertiary/aromatic N) is 2. The normalized spacial score (nSPS) is 16.4. The second kappa shape index (κ2) is 8.24. The summed E-state index contributed by atoms with van der Waals surface area (Å²) in [5, 5.41) is 0. The summed E-state index contributed by atoms with van der Waals surface area (Å²) in [6.45, 7) is 2.21. The molecule has 0 spiro atoms. The maximum absolute atomic E-state index is 4.47. The molecule has 0 amide bonds. The first-order valence-corrected chi connectivity index (χ1v) is 7.94. The number of fused-ring (bicyclic) bond motifs is 1. The van der Waals surface area contributed by atoms with Crippen LogP contribution in [-0.4, -0.2) is 9.97 Å². The van der Waals surface area contributed by atoms with Gasteiger partial charge in [0, 0.05) is 11.9 Å². The molecule has 2 atom stereocenters. The predicted molar refractivity (Wildman–Crippen MR) is 109 cm³/mol. The summed E-state index contributed by atoms with van der Waals surface area (Å²) < 4.78 is 0. The molecule has 5 heteroatoms. The molecule has 4 rings (SSSR count). The summed E-state index contributed by atoms with van der Waals surface area (Å²) in [6.07, 6.45) is 8.23. The van der Waals surface area contributed by atoms with E-state index >= 15 is 0 Å². The number of halogens is 2. The van der Waals surface area contributed by atoms with E-state index in [0.717, 1.165) is 5.69 Å². The van der Waals surface area contributed by atoms with Crippen LogP contribution in [0.2, 0.25) is 0 Å². The number of nitrogens with one attached hydrogen (secondary N) is 1. The quantitative estimate of drug-likeness (QED) is 0.648. The Balaban J connectivity index is 0.00000113. The van der Waals surface area contributed by atoms with Crippen LogP contribution >= 0.6 is 24.8 Å². The zero-order valence-corrected chi connectivity index (χ0v) is 15.5. The van der Waals surface area contributed by atoms with Gasteiger partial charge in [0.2, 0.25) is 0 Å². The molecule has 130 valence electrons. The van der Waals surface area contributed by atoms with Crippen molar-refractivity contribution in [3.05, 3.63) is 90.0 Å². The Kier molecular flexibility index (Phi) is 6.29. The average molecular weight is 374 g/mol. The molecule has 0 radical (unpaired) electrons. The van der Waals surface area contributed by atoms with Gasteiger partial charge in [0.05, 0.1) is 24.1 Å². The molecule has 1 aromatic heterocycles. The smallest absolute Gasteiger partial charge is 0.0924 e. The van der Waals surface area contributed by atoms with Crippen molar-refractivity contribution >= 4 is 36.6 Å². The van der Waals surface area contributed by atoms with Crippen LogP contribution in [0.1, 0.15) is 35.8 Å². The lowest BCUT2D eigenvalue weighted by Gasteiger charge is -2.40. The second-order valence-corrected chi connectivity index (χ2v) is 5.85. The van der Waals surface area contributed by atoms with Crippen LogP contribution in [0.3, 0.4) is 0 Å². The van der Waals surface area contributed by atoms with Crippen molar-refractivity contribution in [2.24, 2.45) is 0 Å². The minimum absolute atomic E-state index is 0. The zero-order valence-electron chi connectivity index (χ0n) is 13.9. The highest BCUT2D eigenvalue weighted by molar-refractivity contribution is 5.85. The van der Waals surface area contributed by atoms with Gasteiger partial charge >= 0.3 is 0 Å². The van der Waals surface area contributed by atoms with Crippen molar-refractivity contribution in [3.8, 4) is 0 Å². The van der Waals surface area contributed by atoms with Crippen LogP contribution in [0.5, 0.6) is 0 Å². The van der Waals surface area contributed by atoms with Gasteiger partial charge in [-0.1, -0.05) is 60.7 Å². The van der Waals surface area contributed by atoms with Crippen molar-refractivity contribution < 1.29 is 0 Å². The molecule has 0 fully saturated rings. The Morgan fingerprint density at radius 1 is 1.00 bits per heavy atom. The first-order valence-electron chi connectivity index (χ1n) is 7.94. The van der Waals surface area contributed by atoms with Crippen molar-refractivity contribution in [3.63, 3.8) is 0 Å². The number of hydrogen-bond donors (Lipinski definition) is 1. The first-order chi connectivity index (χ1) is 11.3. The Morgan fingerprint density at radius 3 is 2.44 bits per heavy atom. The summed E-state index contributed by atoms with van der Waals surface area (Å²) in [5.74, 6) is 0. The SMILES string of the molecule is CC(c1c[nH]cn1)N1c2ccccc2C=CC1c1ccccc1.Cl.Cl. The number of rotatable bonds is 3. The third kappa shape index (κ3) is 3.58. The highest BCUT2D eigenvalue weighted by atomic mass is 35.5. The number of aromatic amines is 1. The fraction of sp³-hybridized carbons (Fsp3) is 0.150. The Hall–Kier alpha value is -2.23. The fourth-order valence-corrected chi connectivity index (χ4v) is 3.32. The summed E-state index contributed by atoms with van der Waals surface area (Å²) in [6, 6.07) is 19.6. The van der Waals surface area contributed by atoms with Crippen molar-refractivity contribution in [2.75, 3.05) is 4.90 Å². The Bertz CT molecular complexity index is 816. The van der Waals surface area contributed by atoms with E-state index in [1.54, 1.807) is 6.33 Å². The van der Waals surface area contributed by atoms with Gasteiger partial charge in [-0.2, -0.15) is 0 Å². The predicted octanol–water partition coefficient (Wildman–Crippen LogP) is 5.59. The topological polar surface area (TPSA) is 31.9 Å². The lowest BCUT2D eigenvalue weighted by atomic mass is 9.95. The molecule has 3 nitrogen and oxygen atoms in total. The van der Waals surface area contributed by atoms with Crippen LogP contribution in [0.15, 0.2) is 73.2 Å². The van der Waals surface area contributed by atoms with Crippen LogP contribution in [-0.2, 0) is 0 Å². The Morgan fingerprint density at radius 2 is 1.72 bits per heavy atom. The number of aromatic nitrogens is 2. The van der Waals surface area contributed by atoms with E-state index in [2.05, 4.69) is 88.5 Å². The van der Waals surface area contributed by atoms with E-state index < -0.39 is 0 Å². The first kappa shape index (κ1) is 19.1. The van der Waals surface area contributed by atoms with Gasteiger partial charge in [-0.3, -0.25) is 0 Å². The molecule has 2 unspecified atom stereocenters. The number of imidazole rings is 1. The van der Waals surface area contributed by atoms with E-state index in [4.69, 9.17) is 0 Å². The van der Waals surface area contributed by atoms with Crippen molar-refractivity contribution in [2.45, 2.75) is 19.0 Å². The standard InChI is InChI=1S/C20H19N3.2ClH/c1-15(18-13-21-14-22-18)23-19-10-6-5-9-17(19)11-12-20(23)16-7-3-2-4-8-16;;/h2-15,20H,1H3,(H,21,22);2*1H. The summed E-state index contributed by atoms with van der Waals surface area (Å²) in [4.78, 5) is 9.99. The van der Waals surface area contributed by atoms with Gasteiger partial charge in [0.15, 0.2) is 0 Å². The van der Waals surface area contributed by atoms with E-state index in [0.29, 0.717) is 0 Å². The van der Waals surface area contributed by atoms with Crippen molar-refractivity contribution in [1.82, 2.24) is 9.97 Å². The molecule has 1 aliphatic rings. The monoisotopic (exact) mass is 373 g/mol. The maximum Gasteiger partial charge on any atom is 0.0924 e. The van der Waals surface area contributed by atoms with Gasteiger partial charge in [0.25, 0.3) is 0 Å². The molecule has 0 saturated carbocycles. The zero-order chi connectivity index (χ0) is 15.6. The summed E-state index contributed by atoms with van der Waals surface area (Å²) >= 11 is 0. The van der Waals surface area contributed by atoms with Gasteiger partial charge in [0.1, 0.15) is 0 Å². The van der Waals surface area contributed by atoms with Gasteiger partial charge in [-0.05, 0) is 24.1 Å². The van der Waals surface area contributed by atoms with Crippen molar-refractivity contribution in [1.29, 1.82) is 0 Å². The van der Waals surface area contributed by atoms with Gasteiger partial charge in [-0.25, -0.2) is 4.98 Å². The third-order valence-corrected chi connectivity index (χ3v) is 4.48. The number of anilines is 1. The molecule has 0 saturated heterocycles. The van der Waals surface area contributed by atoms with E-state index in [1.807, 2.05) is 6.20 Å².